The van der Waals surface area contributed by atoms with Gasteiger partial charge in [0.25, 0.3) is 0 Å². The first-order chi connectivity index (χ1) is 6.65. The summed E-state index contributed by atoms with van der Waals surface area (Å²) in [7, 11) is 3.84. The predicted molar refractivity (Wildman–Crippen MR) is 54.5 cm³/mol. The van der Waals surface area contributed by atoms with Crippen molar-refractivity contribution in [3.8, 4) is 0 Å². The van der Waals surface area contributed by atoms with Crippen LogP contribution in [-0.4, -0.2) is 30.7 Å². The van der Waals surface area contributed by atoms with E-state index < -0.39 is 0 Å². The lowest BCUT2D eigenvalue weighted by Crippen LogP contribution is -2.21. The van der Waals surface area contributed by atoms with E-state index in [0.29, 0.717) is 6.42 Å². The van der Waals surface area contributed by atoms with Gasteiger partial charge >= 0.3 is 0 Å². The maximum absolute atomic E-state index is 13.0. The Balaban J connectivity index is 2.87. The molecule has 0 aromatic heterocycles. The molecule has 0 aliphatic carbocycles. The highest BCUT2D eigenvalue weighted by Crippen LogP contribution is 2.21. The Labute approximate surface area is 84.0 Å². The number of nitrogens with zero attached hydrogens (tertiary/aromatic N) is 1. The molecule has 3 heteroatoms. The van der Waals surface area contributed by atoms with E-state index in [1.54, 1.807) is 6.07 Å². The molecule has 0 aliphatic rings. The summed E-state index contributed by atoms with van der Waals surface area (Å²) in [6.45, 7) is 0.110. The lowest BCUT2D eigenvalue weighted by molar-refractivity contribution is 0.210. The van der Waals surface area contributed by atoms with Crippen molar-refractivity contribution in [2.75, 3.05) is 20.7 Å². The van der Waals surface area contributed by atoms with Gasteiger partial charge in [0.1, 0.15) is 5.82 Å². The maximum atomic E-state index is 13.0. The summed E-state index contributed by atoms with van der Waals surface area (Å²) >= 11 is 0. The van der Waals surface area contributed by atoms with Crippen LogP contribution < -0.4 is 0 Å². The van der Waals surface area contributed by atoms with Crippen LogP contribution in [-0.2, 0) is 0 Å². The van der Waals surface area contributed by atoms with Crippen molar-refractivity contribution >= 4 is 0 Å². The first kappa shape index (κ1) is 11.1. The molecule has 78 valence electrons. The van der Waals surface area contributed by atoms with Gasteiger partial charge in [0, 0.05) is 12.6 Å². The number of halogens is 1. The van der Waals surface area contributed by atoms with Gasteiger partial charge in [0.15, 0.2) is 0 Å². The molecule has 0 aliphatic heterocycles. The summed E-state index contributed by atoms with van der Waals surface area (Å²) < 4.78 is 13.0. The summed E-state index contributed by atoms with van der Waals surface area (Å²) in [5.74, 6) is -0.229. The summed E-state index contributed by atoms with van der Waals surface area (Å²) in [5.41, 5.74) is 0.907. The largest absolute Gasteiger partial charge is 0.396 e. The molecule has 0 radical (unpaired) electrons. The fourth-order valence-corrected chi connectivity index (χ4v) is 1.56. The van der Waals surface area contributed by atoms with E-state index in [1.807, 2.05) is 25.1 Å². The van der Waals surface area contributed by atoms with Gasteiger partial charge in [-0.25, -0.2) is 4.39 Å². The van der Waals surface area contributed by atoms with E-state index in [9.17, 15) is 4.39 Å². The number of hydrogen-bond acceptors (Lipinski definition) is 2. The second-order valence-electron chi connectivity index (χ2n) is 3.55. The van der Waals surface area contributed by atoms with Crippen molar-refractivity contribution in [3.63, 3.8) is 0 Å². The summed E-state index contributed by atoms with van der Waals surface area (Å²) in [6.07, 6.45) is 0.621. The van der Waals surface area contributed by atoms with Crippen LogP contribution in [0.15, 0.2) is 24.3 Å². The Kier molecular flexibility index (Phi) is 4.04. The average molecular weight is 197 g/mol. The molecule has 1 N–H and O–H groups in total. The smallest absolute Gasteiger partial charge is 0.123 e. The molecule has 0 spiro atoms. The fraction of sp³-hybridized carbons (Fsp3) is 0.455. The zero-order chi connectivity index (χ0) is 10.6. The number of hydrogen-bond donors (Lipinski definition) is 1. The van der Waals surface area contributed by atoms with Crippen molar-refractivity contribution in [3.05, 3.63) is 35.6 Å². The van der Waals surface area contributed by atoms with E-state index in [4.69, 9.17) is 5.11 Å². The second-order valence-corrected chi connectivity index (χ2v) is 3.55. The minimum atomic E-state index is -0.229. The zero-order valence-electron chi connectivity index (χ0n) is 8.57. The molecule has 0 fully saturated rings. The maximum Gasteiger partial charge on any atom is 0.123 e. The number of benzene rings is 1. The summed E-state index contributed by atoms with van der Waals surface area (Å²) in [6, 6.07) is 6.59. The predicted octanol–water partition coefficient (Wildman–Crippen LogP) is 1.81. The lowest BCUT2D eigenvalue weighted by Gasteiger charge is -2.23. The van der Waals surface area contributed by atoms with Crippen LogP contribution in [0.1, 0.15) is 18.0 Å². The minimum absolute atomic E-state index is 0.0794. The molecule has 1 aromatic rings. The van der Waals surface area contributed by atoms with Crippen LogP contribution in [0, 0.1) is 5.82 Å². The van der Waals surface area contributed by atoms with Crippen LogP contribution in [0.5, 0.6) is 0 Å². The fourth-order valence-electron chi connectivity index (χ4n) is 1.56. The van der Waals surface area contributed by atoms with Gasteiger partial charge in [-0.1, -0.05) is 12.1 Å². The molecule has 0 saturated carbocycles. The first-order valence-electron chi connectivity index (χ1n) is 4.68. The Morgan fingerprint density at radius 1 is 1.43 bits per heavy atom. The van der Waals surface area contributed by atoms with E-state index in [-0.39, 0.29) is 18.5 Å². The van der Waals surface area contributed by atoms with Crippen molar-refractivity contribution < 1.29 is 9.50 Å². The molecule has 0 saturated heterocycles. The molecule has 1 unspecified atom stereocenters. The van der Waals surface area contributed by atoms with Crippen molar-refractivity contribution in [2.24, 2.45) is 0 Å². The van der Waals surface area contributed by atoms with Crippen LogP contribution in [0.3, 0.4) is 0 Å². The average Bonchev–Trinajstić information content (AvgIpc) is 2.13. The Morgan fingerprint density at radius 2 is 2.14 bits per heavy atom. The topological polar surface area (TPSA) is 23.5 Å². The molecule has 1 atom stereocenters. The molecular formula is C11H16FNO. The van der Waals surface area contributed by atoms with Crippen LogP contribution in [0.4, 0.5) is 4.39 Å². The van der Waals surface area contributed by atoms with Gasteiger partial charge in [-0.2, -0.15) is 0 Å². The third-order valence-corrected chi connectivity index (χ3v) is 2.26. The van der Waals surface area contributed by atoms with Crippen molar-refractivity contribution in [2.45, 2.75) is 12.5 Å². The second kappa shape index (κ2) is 5.08. The molecule has 1 rings (SSSR count). The molecule has 0 bridgehead atoms. The highest BCUT2D eigenvalue weighted by atomic mass is 19.1. The van der Waals surface area contributed by atoms with Crippen LogP contribution >= 0.6 is 0 Å². The number of aliphatic hydroxyl groups excluding tert-OH is 1. The third kappa shape index (κ3) is 2.79. The lowest BCUT2D eigenvalue weighted by atomic mass is 10.0. The van der Waals surface area contributed by atoms with E-state index in [2.05, 4.69) is 0 Å². The minimum Gasteiger partial charge on any atom is -0.396 e. The summed E-state index contributed by atoms with van der Waals surface area (Å²) in [4.78, 5) is 1.98. The third-order valence-electron chi connectivity index (χ3n) is 2.26. The van der Waals surface area contributed by atoms with Crippen molar-refractivity contribution in [1.29, 1.82) is 0 Å². The molecule has 2 nitrogen and oxygen atoms in total. The van der Waals surface area contributed by atoms with E-state index >= 15 is 0 Å². The quantitative estimate of drug-likeness (QED) is 0.795. The van der Waals surface area contributed by atoms with E-state index in [0.717, 1.165) is 5.56 Å². The van der Waals surface area contributed by atoms with Crippen LogP contribution in [0.2, 0.25) is 0 Å². The number of rotatable bonds is 4. The monoisotopic (exact) mass is 197 g/mol. The Bertz CT molecular complexity index is 288. The highest BCUT2D eigenvalue weighted by molar-refractivity contribution is 5.20. The molecular weight excluding hydrogens is 181 g/mol. The van der Waals surface area contributed by atoms with Gasteiger partial charge in [0.2, 0.25) is 0 Å². The van der Waals surface area contributed by atoms with Gasteiger partial charge in [-0.05, 0) is 38.2 Å². The van der Waals surface area contributed by atoms with E-state index in [1.165, 1.54) is 12.1 Å². The standard InChI is InChI=1S/C11H16FNO/c1-13(2)11(6-7-14)9-4-3-5-10(12)8-9/h3-5,8,11,14H,6-7H2,1-2H3. The molecule has 0 heterocycles. The van der Waals surface area contributed by atoms with Crippen molar-refractivity contribution in [1.82, 2.24) is 4.90 Å². The normalized spacial score (nSPS) is 13.2. The van der Waals surface area contributed by atoms with Gasteiger partial charge in [0.05, 0.1) is 0 Å². The summed E-state index contributed by atoms with van der Waals surface area (Å²) in [5, 5.41) is 8.90. The Morgan fingerprint density at radius 3 is 2.64 bits per heavy atom. The Hall–Kier alpha value is -0.930. The SMILES string of the molecule is CN(C)C(CCO)c1cccc(F)c1. The van der Waals surface area contributed by atoms with Crippen LogP contribution in [0.25, 0.3) is 0 Å². The zero-order valence-corrected chi connectivity index (χ0v) is 8.57. The first-order valence-corrected chi connectivity index (χ1v) is 4.68. The van der Waals surface area contributed by atoms with Gasteiger partial charge < -0.3 is 10.0 Å². The molecule has 14 heavy (non-hydrogen) atoms. The number of aliphatic hydroxyl groups is 1. The molecule has 0 amide bonds. The highest BCUT2D eigenvalue weighted by Gasteiger charge is 2.13. The molecule has 1 aromatic carbocycles. The van der Waals surface area contributed by atoms with Gasteiger partial charge in [-0.3, -0.25) is 0 Å². The van der Waals surface area contributed by atoms with Gasteiger partial charge in [-0.15, -0.1) is 0 Å².